The molecule has 0 radical (unpaired) electrons. The number of anilines is 2. The van der Waals surface area contributed by atoms with Crippen LogP contribution >= 0.6 is 0 Å². The summed E-state index contributed by atoms with van der Waals surface area (Å²) < 4.78 is 0. The largest absolute Gasteiger partial charge is 0.340 e. The molecular weight excluding hydrogens is 310 g/mol. The van der Waals surface area contributed by atoms with Gasteiger partial charge >= 0.3 is 0 Å². The molecule has 1 atom stereocenters. The van der Waals surface area contributed by atoms with Crippen LogP contribution in [0.5, 0.6) is 0 Å². The van der Waals surface area contributed by atoms with E-state index in [0.29, 0.717) is 0 Å². The van der Waals surface area contributed by atoms with Crippen LogP contribution in [0, 0.1) is 12.3 Å². The smallest absolute Gasteiger partial charge is 0.130 e. The van der Waals surface area contributed by atoms with Crippen LogP contribution in [-0.4, -0.2) is 16.2 Å². The normalized spacial score (nSPS) is 11.8. The van der Waals surface area contributed by atoms with Crippen LogP contribution < -0.4 is 11.1 Å². The highest BCUT2D eigenvalue weighted by atomic mass is 15.0. The Morgan fingerprint density at radius 3 is 2.60 bits per heavy atom. The Hall–Kier alpha value is -3.05. The lowest BCUT2D eigenvalue weighted by molar-refractivity contribution is 0.782. The number of aryl methyl sites for hydroxylation is 1. The predicted molar refractivity (Wildman–Crippen MR) is 102 cm³/mol. The number of rotatable bonds is 5. The first-order valence-corrected chi connectivity index (χ1v) is 8.15. The third-order valence-corrected chi connectivity index (χ3v) is 3.89. The van der Waals surface area contributed by atoms with Gasteiger partial charge in [-0.2, -0.15) is 0 Å². The summed E-state index contributed by atoms with van der Waals surface area (Å²) in [5.41, 5.74) is 11.1. The Labute approximate surface area is 147 Å². The summed E-state index contributed by atoms with van der Waals surface area (Å²) >= 11 is 0. The highest BCUT2D eigenvalue weighted by Gasteiger charge is 2.08. The van der Waals surface area contributed by atoms with Gasteiger partial charge in [-0.15, -0.1) is 0 Å². The lowest BCUT2D eigenvalue weighted by Gasteiger charge is -2.12. The van der Waals surface area contributed by atoms with Crippen LogP contribution in [0.1, 0.15) is 29.9 Å². The van der Waals surface area contributed by atoms with Crippen LogP contribution in [0.3, 0.4) is 0 Å². The first-order valence-electron chi connectivity index (χ1n) is 8.15. The van der Waals surface area contributed by atoms with Crippen molar-refractivity contribution in [1.82, 2.24) is 9.97 Å². The zero-order valence-electron chi connectivity index (χ0n) is 14.3. The summed E-state index contributed by atoms with van der Waals surface area (Å²) in [6, 6.07) is 17.4. The van der Waals surface area contributed by atoms with Crippen molar-refractivity contribution in [2.24, 2.45) is 5.73 Å². The van der Waals surface area contributed by atoms with Gasteiger partial charge in [-0.3, -0.25) is 4.98 Å². The number of nitrogens with two attached hydrogens (primary N) is 1. The first-order chi connectivity index (χ1) is 12.1. The molecule has 4 N–H and O–H groups in total. The van der Waals surface area contributed by atoms with Gasteiger partial charge in [-0.1, -0.05) is 24.3 Å². The van der Waals surface area contributed by atoms with Crippen molar-refractivity contribution in [2.75, 3.05) is 5.32 Å². The number of hydrogen-bond donors (Lipinski definition) is 3. The van der Waals surface area contributed by atoms with Crippen molar-refractivity contribution < 1.29 is 0 Å². The highest BCUT2D eigenvalue weighted by Crippen LogP contribution is 2.26. The van der Waals surface area contributed by atoms with E-state index in [9.17, 15) is 0 Å². The molecule has 0 amide bonds. The van der Waals surface area contributed by atoms with E-state index in [1.54, 1.807) is 0 Å². The molecule has 2 aromatic heterocycles. The fourth-order valence-corrected chi connectivity index (χ4v) is 2.57. The molecule has 0 aliphatic rings. The number of nitrogens with one attached hydrogen (secondary N) is 2. The monoisotopic (exact) mass is 331 g/mol. The summed E-state index contributed by atoms with van der Waals surface area (Å²) in [4.78, 5) is 9.10. The molecule has 1 unspecified atom stereocenters. The molecule has 1 aromatic carbocycles. The van der Waals surface area contributed by atoms with Gasteiger partial charge in [0.25, 0.3) is 0 Å². The Balaban J connectivity index is 2.00. The van der Waals surface area contributed by atoms with E-state index in [2.05, 4.69) is 15.3 Å². The lowest BCUT2D eigenvalue weighted by Crippen LogP contribution is -2.07. The maximum absolute atomic E-state index is 7.64. The van der Waals surface area contributed by atoms with Crippen molar-refractivity contribution in [3.63, 3.8) is 0 Å². The molecule has 3 rings (SSSR count). The molecule has 25 heavy (non-hydrogen) atoms. The molecule has 0 fully saturated rings. The molecule has 3 aromatic rings. The second-order valence-corrected chi connectivity index (χ2v) is 5.97. The van der Waals surface area contributed by atoms with E-state index >= 15 is 0 Å². The van der Waals surface area contributed by atoms with Crippen molar-refractivity contribution in [3.05, 3.63) is 71.5 Å². The minimum Gasteiger partial charge on any atom is -0.340 e. The quantitative estimate of drug-likeness (QED) is 0.611. The van der Waals surface area contributed by atoms with Crippen LogP contribution in [0.15, 0.2) is 54.6 Å². The van der Waals surface area contributed by atoms with Gasteiger partial charge in [0.2, 0.25) is 0 Å². The minimum atomic E-state index is -0.116. The number of aromatic nitrogens is 2. The van der Waals surface area contributed by atoms with Gasteiger partial charge in [-0.05, 0) is 44.2 Å². The average molecular weight is 331 g/mol. The van der Waals surface area contributed by atoms with E-state index < -0.39 is 0 Å². The summed E-state index contributed by atoms with van der Waals surface area (Å²) in [5, 5.41) is 10.9. The van der Waals surface area contributed by atoms with E-state index in [1.165, 1.54) is 6.21 Å². The van der Waals surface area contributed by atoms with E-state index in [4.69, 9.17) is 11.1 Å². The summed E-state index contributed by atoms with van der Waals surface area (Å²) in [7, 11) is 0. The third kappa shape index (κ3) is 3.89. The van der Waals surface area contributed by atoms with Crippen LogP contribution in [0.25, 0.3) is 11.3 Å². The topological polar surface area (TPSA) is 87.7 Å². The van der Waals surface area contributed by atoms with Crippen LogP contribution in [-0.2, 0) is 0 Å². The van der Waals surface area contributed by atoms with Crippen molar-refractivity contribution >= 4 is 17.7 Å². The minimum absolute atomic E-state index is 0.116. The van der Waals surface area contributed by atoms with Crippen LogP contribution in [0.4, 0.5) is 11.5 Å². The van der Waals surface area contributed by atoms with Gasteiger partial charge in [0.1, 0.15) is 5.82 Å². The van der Waals surface area contributed by atoms with Gasteiger partial charge in [0.15, 0.2) is 0 Å². The van der Waals surface area contributed by atoms with E-state index in [-0.39, 0.29) is 6.04 Å². The second-order valence-electron chi connectivity index (χ2n) is 5.97. The first kappa shape index (κ1) is 16.8. The molecule has 0 saturated heterocycles. The lowest BCUT2D eigenvalue weighted by atomic mass is 10.1. The molecule has 0 bridgehead atoms. The molecule has 0 aliphatic heterocycles. The zero-order valence-corrected chi connectivity index (χ0v) is 14.3. The van der Waals surface area contributed by atoms with Crippen LogP contribution in [0.2, 0.25) is 0 Å². The standard InChI is InChI=1S/C20H21N5/c1-13-5-3-8-20(23-13)25-19-11-15(9-10-16(19)12-21)18-7-4-6-17(24-18)14(2)22/h3-12,14,21H,22H2,1-2H3,(H,23,25). The van der Waals surface area contributed by atoms with Crippen molar-refractivity contribution in [2.45, 2.75) is 19.9 Å². The Morgan fingerprint density at radius 2 is 1.88 bits per heavy atom. The van der Waals surface area contributed by atoms with Crippen molar-refractivity contribution in [1.29, 1.82) is 5.41 Å². The summed E-state index contributed by atoms with van der Waals surface area (Å²) in [6.45, 7) is 3.86. The SMILES string of the molecule is Cc1cccc(Nc2cc(-c3cccc(C(C)N)n3)ccc2C=N)n1. The summed E-state index contributed by atoms with van der Waals surface area (Å²) in [5.74, 6) is 0.748. The maximum atomic E-state index is 7.64. The van der Waals surface area contributed by atoms with Gasteiger partial charge < -0.3 is 16.5 Å². The van der Waals surface area contributed by atoms with Gasteiger partial charge in [0.05, 0.1) is 11.4 Å². The Bertz CT molecular complexity index is 902. The van der Waals surface area contributed by atoms with E-state index in [0.717, 1.165) is 39.7 Å². The average Bonchev–Trinajstić information content (AvgIpc) is 2.62. The second kappa shape index (κ2) is 7.23. The van der Waals surface area contributed by atoms with Gasteiger partial charge in [-0.25, -0.2) is 4.98 Å². The number of pyridine rings is 2. The Morgan fingerprint density at radius 1 is 1.08 bits per heavy atom. The molecule has 0 spiro atoms. The predicted octanol–water partition coefficient (Wildman–Crippen LogP) is 4.21. The Kier molecular flexibility index (Phi) is 4.86. The maximum Gasteiger partial charge on any atom is 0.130 e. The molecule has 5 nitrogen and oxygen atoms in total. The molecule has 2 heterocycles. The molecule has 0 saturated carbocycles. The zero-order chi connectivity index (χ0) is 17.8. The van der Waals surface area contributed by atoms with Crippen molar-refractivity contribution in [3.8, 4) is 11.3 Å². The fourth-order valence-electron chi connectivity index (χ4n) is 2.57. The number of hydrogen-bond acceptors (Lipinski definition) is 5. The molecule has 126 valence electrons. The highest BCUT2D eigenvalue weighted by molar-refractivity contribution is 5.89. The fraction of sp³-hybridized carbons (Fsp3) is 0.150. The number of nitrogens with zero attached hydrogens (tertiary/aromatic N) is 2. The molecular formula is C20H21N5. The van der Waals surface area contributed by atoms with E-state index in [1.807, 2.05) is 68.4 Å². The third-order valence-electron chi connectivity index (χ3n) is 3.89. The molecule has 5 heteroatoms. The summed E-state index contributed by atoms with van der Waals surface area (Å²) in [6.07, 6.45) is 1.33. The number of benzene rings is 1. The van der Waals surface area contributed by atoms with Gasteiger partial charge in [0, 0.05) is 34.8 Å². The molecule has 0 aliphatic carbocycles.